The average molecular weight is 348 g/mol. The summed E-state index contributed by atoms with van der Waals surface area (Å²) in [5, 5.41) is 0. The van der Waals surface area contributed by atoms with Crippen LogP contribution in [0.15, 0.2) is 24.3 Å². The van der Waals surface area contributed by atoms with Gasteiger partial charge in [-0.05, 0) is 49.0 Å². The van der Waals surface area contributed by atoms with Gasteiger partial charge in [0.15, 0.2) is 11.6 Å². The highest BCUT2D eigenvalue weighted by Crippen LogP contribution is 2.31. The van der Waals surface area contributed by atoms with E-state index in [2.05, 4.69) is 0 Å². The summed E-state index contributed by atoms with van der Waals surface area (Å²) in [6.07, 6.45) is 5.66. The first-order valence-corrected chi connectivity index (χ1v) is 8.65. The zero-order valence-corrected chi connectivity index (χ0v) is 14.3. The minimum Gasteiger partial charge on any atom is -0.343 e. The van der Waals surface area contributed by atoms with Crippen LogP contribution in [0, 0.1) is 17.6 Å². The third kappa shape index (κ3) is 3.89. The summed E-state index contributed by atoms with van der Waals surface area (Å²) in [6.45, 7) is 3.66. The molecule has 0 radical (unpaired) electrons. The van der Waals surface area contributed by atoms with Crippen molar-refractivity contribution in [1.82, 2.24) is 9.80 Å². The van der Waals surface area contributed by atoms with Crippen LogP contribution in [-0.4, -0.2) is 47.3 Å². The van der Waals surface area contributed by atoms with Gasteiger partial charge in [0.25, 0.3) is 0 Å². The molecule has 3 rings (SSSR count). The summed E-state index contributed by atoms with van der Waals surface area (Å²) in [6, 6.07) is 3.70. The molecule has 2 heterocycles. The SMILES string of the molecule is CC(=O)N1CC[C@@H]2[C@@H](CCCN2C(=O)/C=C/c2ccc(F)c(F)c2)C1. The number of hydrogen-bond donors (Lipinski definition) is 0. The molecule has 0 bridgehead atoms. The number of halogens is 2. The number of nitrogens with zero attached hydrogens (tertiary/aromatic N) is 2. The van der Waals surface area contributed by atoms with Gasteiger partial charge in [-0.25, -0.2) is 8.78 Å². The third-order valence-electron chi connectivity index (χ3n) is 5.16. The van der Waals surface area contributed by atoms with Gasteiger partial charge >= 0.3 is 0 Å². The third-order valence-corrected chi connectivity index (χ3v) is 5.16. The van der Waals surface area contributed by atoms with Gasteiger partial charge in [0.05, 0.1) is 0 Å². The topological polar surface area (TPSA) is 40.6 Å². The molecule has 2 saturated heterocycles. The highest BCUT2D eigenvalue weighted by atomic mass is 19.2. The van der Waals surface area contributed by atoms with E-state index in [9.17, 15) is 18.4 Å². The summed E-state index contributed by atoms with van der Waals surface area (Å²) in [7, 11) is 0. The molecule has 134 valence electrons. The van der Waals surface area contributed by atoms with E-state index in [0.717, 1.165) is 31.4 Å². The molecule has 4 nitrogen and oxygen atoms in total. The maximum atomic E-state index is 13.2. The van der Waals surface area contributed by atoms with Gasteiger partial charge in [-0.2, -0.15) is 0 Å². The molecule has 0 spiro atoms. The summed E-state index contributed by atoms with van der Waals surface area (Å²) < 4.78 is 26.2. The monoisotopic (exact) mass is 348 g/mol. The van der Waals surface area contributed by atoms with E-state index in [1.807, 2.05) is 9.80 Å². The van der Waals surface area contributed by atoms with Crippen molar-refractivity contribution >= 4 is 17.9 Å². The van der Waals surface area contributed by atoms with E-state index >= 15 is 0 Å². The van der Waals surface area contributed by atoms with Gasteiger partial charge in [-0.15, -0.1) is 0 Å². The highest BCUT2D eigenvalue weighted by Gasteiger charge is 2.37. The lowest BCUT2D eigenvalue weighted by molar-refractivity contribution is -0.137. The number of carbonyl (C=O) groups excluding carboxylic acids is 2. The van der Waals surface area contributed by atoms with Crippen molar-refractivity contribution in [2.75, 3.05) is 19.6 Å². The maximum absolute atomic E-state index is 13.2. The normalized spacial score (nSPS) is 23.6. The Bertz CT molecular complexity index is 705. The molecule has 0 unspecified atom stereocenters. The second-order valence-corrected chi connectivity index (χ2v) is 6.76. The first-order valence-electron chi connectivity index (χ1n) is 8.65. The predicted molar refractivity (Wildman–Crippen MR) is 90.5 cm³/mol. The molecule has 2 aliphatic rings. The first-order chi connectivity index (χ1) is 12.0. The number of amides is 2. The number of rotatable bonds is 2. The van der Waals surface area contributed by atoms with Gasteiger partial charge in [0.2, 0.25) is 11.8 Å². The number of likely N-dealkylation sites (tertiary alicyclic amines) is 2. The van der Waals surface area contributed by atoms with Crippen LogP contribution in [0.4, 0.5) is 8.78 Å². The van der Waals surface area contributed by atoms with Crippen molar-refractivity contribution in [2.45, 2.75) is 32.2 Å². The Morgan fingerprint density at radius 3 is 2.68 bits per heavy atom. The summed E-state index contributed by atoms with van der Waals surface area (Å²) in [5.41, 5.74) is 0.451. The zero-order chi connectivity index (χ0) is 18.0. The largest absolute Gasteiger partial charge is 0.343 e. The van der Waals surface area contributed by atoms with Gasteiger partial charge in [0, 0.05) is 38.7 Å². The molecular formula is C19H22F2N2O2. The molecule has 2 atom stereocenters. The number of piperidine rings is 2. The Hall–Kier alpha value is -2.24. The molecular weight excluding hydrogens is 326 g/mol. The van der Waals surface area contributed by atoms with Crippen LogP contribution in [0.3, 0.4) is 0 Å². The molecule has 0 saturated carbocycles. The predicted octanol–water partition coefficient (Wildman–Crippen LogP) is 2.84. The van der Waals surface area contributed by atoms with Crippen molar-refractivity contribution in [3.05, 3.63) is 41.5 Å². The molecule has 1 aromatic rings. The number of carbonyl (C=O) groups is 2. The molecule has 2 amide bonds. The quantitative estimate of drug-likeness (QED) is 0.771. The van der Waals surface area contributed by atoms with E-state index in [4.69, 9.17) is 0 Å². The minimum atomic E-state index is -0.927. The van der Waals surface area contributed by atoms with Gasteiger partial charge < -0.3 is 9.80 Å². The molecule has 0 N–H and O–H groups in total. The molecule has 0 aromatic heterocycles. The van der Waals surface area contributed by atoms with Gasteiger partial charge in [-0.3, -0.25) is 9.59 Å². The second-order valence-electron chi connectivity index (χ2n) is 6.76. The molecule has 6 heteroatoms. The fourth-order valence-electron chi connectivity index (χ4n) is 3.84. The van der Waals surface area contributed by atoms with Crippen LogP contribution < -0.4 is 0 Å². The lowest BCUT2D eigenvalue weighted by Gasteiger charge is -2.46. The molecule has 0 aliphatic carbocycles. The summed E-state index contributed by atoms with van der Waals surface area (Å²) >= 11 is 0. The summed E-state index contributed by atoms with van der Waals surface area (Å²) in [4.78, 5) is 27.9. The Morgan fingerprint density at radius 2 is 1.96 bits per heavy atom. The Labute approximate surface area is 146 Å². The lowest BCUT2D eigenvalue weighted by atomic mass is 9.83. The molecule has 2 aliphatic heterocycles. The van der Waals surface area contributed by atoms with E-state index in [0.29, 0.717) is 31.1 Å². The Kier molecular flexibility index (Phi) is 5.16. The number of benzene rings is 1. The van der Waals surface area contributed by atoms with Crippen molar-refractivity contribution in [3.8, 4) is 0 Å². The van der Waals surface area contributed by atoms with Crippen LogP contribution in [0.25, 0.3) is 6.08 Å². The number of hydrogen-bond acceptors (Lipinski definition) is 2. The van der Waals surface area contributed by atoms with Crippen LogP contribution in [0.1, 0.15) is 31.7 Å². The van der Waals surface area contributed by atoms with Crippen LogP contribution in [0.2, 0.25) is 0 Å². The molecule has 2 fully saturated rings. The van der Waals surface area contributed by atoms with Gasteiger partial charge in [0.1, 0.15) is 0 Å². The van der Waals surface area contributed by atoms with Crippen LogP contribution in [0.5, 0.6) is 0 Å². The lowest BCUT2D eigenvalue weighted by Crippen LogP contribution is -2.56. The van der Waals surface area contributed by atoms with Crippen molar-refractivity contribution in [3.63, 3.8) is 0 Å². The highest BCUT2D eigenvalue weighted by molar-refractivity contribution is 5.92. The standard InChI is InChI=1S/C19H22F2N2O2/c1-13(24)22-10-8-18-15(12-22)3-2-9-23(18)19(25)7-5-14-4-6-16(20)17(21)11-14/h4-7,11,15,18H,2-3,8-10,12H2,1H3/b7-5+/t15-,18+/m0/s1. The first kappa shape index (κ1) is 17.6. The van der Waals surface area contributed by atoms with E-state index in [-0.39, 0.29) is 17.9 Å². The summed E-state index contributed by atoms with van der Waals surface area (Å²) in [5.74, 6) is -1.55. The fourth-order valence-corrected chi connectivity index (χ4v) is 3.84. The van der Waals surface area contributed by atoms with Crippen LogP contribution >= 0.6 is 0 Å². The smallest absolute Gasteiger partial charge is 0.246 e. The number of fused-ring (bicyclic) bond motifs is 1. The second kappa shape index (κ2) is 7.33. The Morgan fingerprint density at radius 1 is 1.16 bits per heavy atom. The van der Waals surface area contributed by atoms with E-state index in [1.54, 1.807) is 6.92 Å². The van der Waals surface area contributed by atoms with E-state index < -0.39 is 11.6 Å². The maximum Gasteiger partial charge on any atom is 0.246 e. The fraction of sp³-hybridized carbons (Fsp3) is 0.474. The average Bonchev–Trinajstić information content (AvgIpc) is 2.61. The van der Waals surface area contributed by atoms with E-state index in [1.165, 1.54) is 18.2 Å². The molecule has 25 heavy (non-hydrogen) atoms. The zero-order valence-electron chi connectivity index (χ0n) is 14.3. The Balaban J connectivity index is 1.68. The van der Waals surface area contributed by atoms with Gasteiger partial charge in [-0.1, -0.05) is 6.07 Å². The molecule has 1 aromatic carbocycles. The minimum absolute atomic E-state index is 0.0835. The van der Waals surface area contributed by atoms with Crippen molar-refractivity contribution < 1.29 is 18.4 Å². The van der Waals surface area contributed by atoms with Crippen molar-refractivity contribution in [2.24, 2.45) is 5.92 Å². The van der Waals surface area contributed by atoms with Crippen LogP contribution in [-0.2, 0) is 9.59 Å². The van der Waals surface area contributed by atoms with Crippen molar-refractivity contribution in [1.29, 1.82) is 0 Å².